The molecule has 0 aliphatic carbocycles. The van der Waals surface area contributed by atoms with Crippen molar-refractivity contribution in [3.63, 3.8) is 0 Å². The highest BCUT2D eigenvalue weighted by molar-refractivity contribution is 7.92. The molecule has 4 aromatic rings. The normalized spacial score (nSPS) is 12.0. The Kier molecular flexibility index (Phi) is 5.77. The van der Waals surface area contributed by atoms with Crippen molar-refractivity contribution >= 4 is 27.3 Å². The highest BCUT2D eigenvalue weighted by atomic mass is 32.2. The van der Waals surface area contributed by atoms with Crippen molar-refractivity contribution in [2.45, 2.75) is 17.6 Å². The van der Waals surface area contributed by atoms with E-state index in [9.17, 15) is 26.4 Å². The maximum absolute atomic E-state index is 13.0. The van der Waals surface area contributed by atoms with Crippen molar-refractivity contribution in [2.24, 2.45) is 0 Å². The number of nitrogens with zero attached hydrogens (tertiary/aromatic N) is 3. The van der Waals surface area contributed by atoms with E-state index in [4.69, 9.17) is 0 Å². The Labute approximate surface area is 186 Å². The molecule has 0 fully saturated rings. The van der Waals surface area contributed by atoms with Crippen molar-refractivity contribution in [1.82, 2.24) is 19.9 Å². The van der Waals surface area contributed by atoms with Crippen molar-refractivity contribution < 1.29 is 26.4 Å². The van der Waals surface area contributed by atoms with E-state index in [2.05, 4.69) is 20.2 Å². The molecule has 0 saturated heterocycles. The van der Waals surface area contributed by atoms with Crippen LogP contribution < -0.4 is 10.0 Å². The number of rotatable bonds is 6. The Balaban J connectivity index is 1.55. The molecule has 0 aliphatic heterocycles. The topological polar surface area (TPSA) is 105 Å². The van der Waals surface area contributed by atoms with E-state index >= 15 is 0 Å². The van der Waals surface area contributed by atoms with Crippen LogP contribution in [-0.2, 0) is 22.7 Å². The number of alkyl halides is 3. The smallest absolute Gasteiger partial charge is 0.345 e. The average Bonchev–Trinajstić information content (AvgIpc) is 3.20. The number of amides is 1. The summed E-state index contributed by atoms with van der Waals surface area (Å²) in [5.41, 5.74) is -0.603. The second-order valence-electron chi connectivity index (χ2n) is 6.90. The van der Waals surface area contributed by atoms with Crippen LogP contribution in [-0.4, -0.2) is 28.9 Å². The fourth-order valence-corrected chi connectivity index (χ4v) is 4.20. The van der Waals surface area contributed by atoms with Gasteiger partial charge in [-0.1, -0.05) is 24.3 Å². The molecule has 0 spiro atoms. The van der Waals surface area contributed by atoms with Crippen LogP contribution in [0.2, 0.25) is 0 Å². The minimum atomic E-state index is -4.70. The first-order chi connectivity index (χ1) is 15.6. The monoisotopic (exact) mass is 475 g/mol. The summed E-state index contributed by atoms with van der Waals surface area (Å²) in [5.74, 6) is -0.147. The Morgan fingerprint density at radius 3 is 2.52 bits per heavy atom. The molecule has 0 unspecified atom stereocenters. The average molecular weight is 475 g/mol. The van der Waals surface area contributed by atoms with E-state index in [0.717, 1.165) is 18.2 Å². The number of anilines is 1. The minimum absolute atomic E-state index is 0.0122. The van der Waals surface area contributed by atoms with Gasteiger partial charge in [-0.15, -0.1) is 10.2 Å². The lowest BCUT2D eigenvalue weighted by Crippen LogP contribution is -2.26. The van der Waals surface area contributed by atoms with E-state index < -0.39 is 32.6 Å². The lowest BCUT2D eigenvalue weighted by molar-refractivity contribution is -0.137. The molecule has 2 N–H and O–H groups in total. The van der Waals surface area contributed by atoms with Crippen LogP contribution in [0.1, 0.15) is 21.7 Å². The van der Waals surface area contributed by atoms with Crippen LogP contribution in [0.3, 0.4) is 0 Å². The maximum atomic E-state index is 13.0. The fraction of sp³-hybridized carbons (Fsp3) is 0.0952. The number of hydrogen-bond donors (Lipinski definition) is 2. The third-order valence-electron chi connectivity index (χ3n) is 4.68. The standard InChI is InChI=1S/C21H16F3N5O3S/c22-21(23,24)14-6-5-7-15(12-14)33(31,32)28-17-9-2-1-8-16(17)20(30)25-13-19-27-26-18-10-3-4-11-29(18)19/h1-12,28H,13H2,(H,25,30). The van der Waals surface area contributed by atoms with Crippen LogP contribution >= 0.6 is 0 Å². The first-order valence-electron chi connectivity index (χ1n) is 9.51. The molecule has 170 valence electrons. The molecule has 2 aromatic heterocycles. The van der Waals surface area contributed by atoms with Gasteiger partial charge in [0.2, 0.25) is 0 Å². The number of pyridine rings is 1. The number of hydrogen-bond acceptors (Lipinski definition) is 5. The highest BCUT2D eigenvalue weighted by Crippen LogP contribution is 2.31. The lowest BCUT2D eigenvalue weighted by atomic mass is 10.1. The van der Waals surface area contributed by atoms with E-state index in [1.807, 2.05) is 0 Å². The number of nitrogens with one attached hydrogen (secondary N) is 2. The number of carbonyl (C=O) groups is 1. The number of aromatic nitrogens is 3. The summed E-state index contributed by atoms with van der Waals surface area (Å²) in [5, 5.41) is 10.6. The van der Waals surface area contributed by atoms with Crippen LogP contribution in [0.25, 0.3) is 5.65 Å². The quantitative estimate of drug-likeness (QED) is 0.444. The van der Waals surface area contributed by atoms with Gasteiger partial charge in [-0.25, -0.2) is 8.42 Å². The Morgan fingerprint density at radius 2 is 1.73 bits per heavy atom. The molecule has 4 rings (SSSR count). The number of para-hydroxylation sites is 1. The van der Waals surface area contributed by atoms with Crippen molar-refractivity contribution in [3.8, 4) is 0 Å². The maximum Gasteiger partial charge on any atom is 0.416 e. The van der Waals surface area contributed by atoms with Crippen molar-refractivity contribution in [3.05, 3.63) is 89.9 Å². The lowest BCUT2D eigenvalue weighted by Gasteiger charge is -2.14. The van der Waals surface area contributed by atoms with E-state index in [-0.39, 0.29) is 17.8 Å². The SMILES string of the molecule is O=C(NCc1nnc2ccccn12)c1ccccc1NS(=O)(=O)c1cccc(C(F)(F)F)c1. The van der Waals surface area contributed by atoms with Gasteiger partial charge in [0.25, 0.3) is 15.9 Å². The Hall–Kier alpha value is -3.93. The second-order valence-corrected chi connectivity index (χ2v) is 8.59. The summed E-state index contributed by atoms with van der Waals surface area (Å²) < 4.78 is 68.2. The first kappa shape index (κ1) is 22.3. The van der Waals surface area contributed by atoms with Gasteiger partial charge >= 0.3 is 6.18 Å². The molecule has 0 bridgehead atoms. The summed E-state index contributed by atoms with van der Waals surface area (Å²) >= 11 is 0. The molecule has 2 aromatic carbocycles. The zero-order valence-electron chi connectivity index (χ0n) is 16.7. The fourth-order valence-electron chi connectivity index (χ4n) is 3.08. The van der Waals surface area contributed by atoms with Gasteiger partial charge in [0.15, 0.2) is 11.5 Å². The second kappa shape index (κ2) is 8.54. The van der Waals surface area contributed by atoms with Gasteiger partial charge in [-0.2, -0.15) is 13.2 Å². The van der Waals surface area contributed by atoms with Gasteiger partial charge < -0.3 is 5.32 Å². The molecule has 1 amide bonds. The number of sulfonamides is 1. The molecular formula is C21H16F3N5O3S. The third kappa shape index (κ3) is 4.80. The third-order valence-corrected chi connectivity index (χ3v) is 6.04. The summed E-state index contributed by atoms with van der Waals surface area (Å²) in [4.78, 5) is 12.2. The van der Waals surface area contributed by atoms with Crippen LogP contribution in [0.4, 0.5) is 18.9 Å². The van der Waals surface area contributed by atoms with Crippen LogP contribution in [0.5, 0.6) is 0 Å². The molecule has 8 nitrogen and oxygen atoms in total. The predicted octanol–water partition coefficient (Wildman–Crippen LogP) is 3.48. The predicted molar refractivity (Wildman–Crippen MR) is 113 cm³/mol. The van der Waals surface area contributed by atoms with Gasteiger partial charge in [0.1, 0.15) is 0 Å². The summed E-state index contributed by atoms with van der Waals surface area (Å²) in [6.45, 7) is 0.0126. The molecular weight excluding hydrogens is 459 g/mol. The number of carbonyl (C=O) groups excluding carboxylic acids is 1. The number of halogens is 3. The van der Waals surface area contributed by atoms with E-state index in [1.54, 1.807) is 28.8 Å². The zero-order valence-corrected chi connectivity index (χ0v) is 17.6. The summed E-state index contributed by atoms with van der Waals surface area (Å²) in [7, 11) is -4.40. The summed E-state index contributed by atoms with van der Waals surface area (Å²) in [6.07, 6.45) is -2.97. The zero-order chi connectivity index (χ0) is 23.6. The summed E-state index contributed by atoms with van der Waals surface area (Å²) in [6, 6.07) is 14.4. The van der Waals surface area contributed by atoms with Crippen LogP contribution in [0.15, 0.2) is 77.8 Å². The Bertz CT molecular complexity index is 1430. The molecule has 2 heterocycles. The molecule has 0 atom stereocenters. The highest BCUT2D eigenvalue weighted by Gasteiger charge is 2.32. The minimum Gasteiger partial charge on any atom is -0.345 e. The van der Waals surface area contributed by atoms with Crippen LogP contribution in [0, 0.1) is 0 Å². The molecule has 33 heavy (non-hydrogen) atoms. The largest absolute Gasteiger partial charge is 0.416 e. The van der Waals surface area contributed by atoms with Crippen molar-refractivity contribution in [2.75, 3.05) is 4.72 Å². The Morgan fingerprint density at radius 1 is 0.970 bits per heavy atom. The van der Waals surface area contributed by atoms with Gasteiger partial charge in [0, 0.05) is 6.20 Å². The number of fused-ring (bicyclic) bond motifs is 1. The van der Waals surface area contributed by atoms with Gasteiger partial charge in [-0.3, -0.25) is 13.9 Å². The van der Waals surface area contributed by atoms with Gasteiger partial charge in [-0.05, 0) is 42.5 Å². The molecule has 12 heteroatoms. The van der Waals surface area contributed by atoms with Crippen molar-refractivity contribution in [1.29, 1.82) is 0 Å². The van der Waals surface area contributed by atoms with E-state index in [0.29, 0.717) is 17.5 Å². The molecule has 0 radical (unpaired) electrons. The molecule has 0 saturated carbocycles. The molecule has 0 aliphatic rings. The first-order valence-corrected chi connectivity index (χ1v) is 11.0. The number of benzene rings is 2. The van der Waals surface area contributed by atoms with Gasteiger partial charge in [0.05, 0.1) is 28.3 Å². The van der Waals surface area contributed by atoms with E-state index in [1.165, 1.54) is 24.3 Å².